The highest BCUT2D eigenvalue weighted by atomic mass is 32.1. The van der Waals surface area contributed by atoms with Crippen LogP contribution in [-0.4, -0.2) is 28.5 Å². The average molecular weight is 240 g/mol. The van der Waals surface area contributed by atoms with E-state index in [9.17, 15) is 0 Å². The van der Waals surface area contributed by atoms with Gasteiger partial charge in [0.1, 0.15) is 5.82 Å². The first-order valence-electron chi connectivity index (χ1n) is 6.06. The van der Waals surface area contributed by atoms with Gasteiger partial charge >= 0.3 is 0 Å². The molecule has 0 bridgehead atoms. The van der Waals surface area contributed by atoms with E-state index in [4.69, 9.17) is 0 Å². The van der Waals surface area contributed by atoms with Crippen molar-refractivity contribution in [3.05, 3.63) is 5.82 Å². The fourth-order valence-corrected chi connectivity index (χ4v) is 2.63. The lowest BCUT2D eigenvalue weighted by atomic mass is 10.1. The zero-order valence-corrected chi connectivity index (χ0v) is 10.8. The van der Waals surface area contributed by atoms with E-state index in [1.807, 2.05) is 0 Å². The molecule has 1 aliphatic rings. The van der Waals surface area contributed by atoms with Gasteiger partial charge in [-0.3, -0.25) is 0 Å². The molecule has 2 rings (SSSR count). The molecule has 5 heteroatoms. The van der Waals surface area contributed by atoms with Gasteiger partial charge in [-0.25, -0.2) is 4.98 Å². The van der Waals surface area contributed by atoms with E-state index in [0.29, 0.717) is 12.0 Å². The van der Waals surface area contributed by atoms with Crippen molar-refractivity contribution in [3.8, 4) is 0 Å². The molecule has 0 aliphatic carbocycles. The summed E-state index contributed by atoms with van der Waals surface area (Å²) < 4.78 is 4.35. The van der Waals surface area contributed by atoms with Crippen LogP contribution in [0, 0.1) is 0 Å². The lowest BCUT2D eigenvalue weighted by Crippen LogP contribution is -2.30. The number of rotatable bonds is 3. The summed E-state index contributed by atoms with van der Waals surface area (Å²) in [4.78, 5) is 4.50. The minimum Gasteiger partial charge on any atom is -0.356 e. The van der Waals surface area contributed by atoms with Gasteiger partial charge in [-0.2, -0.15) is 4.37 Å². The van der Waals surface area contributed by atoms with Crippen LogP contribution in [0.2, 0.25) is 0 Å². The molecule has 1 saturated heterocycles. The molecule has 0 aromatic carbocycles. The maximum Gasteiger partial charge on any atom is 0.202 e. The van der Waals surface area contributed by atoms with E-state index in [0.717, 1.165) is 24.0 Å². The first kappa shape index (κ1) is 11.8. The Morgan fingerprint density at radius 2 is 2.31 bits per heavy atom. The Bertz CT molecular complexity index is 316. The molecule has 90 valence electrons. The summed E-state index contributed by atoms with van der Waals surface area (Å²) >= 11 is 1.48. The van der Waals surface area contributed by atoms with Gasteiger partial charge in [0, 0.05) is 30.0 Å². The maximum atomic E-state index is 4.50. The molecule has 1 unspecified atom stereocenters. The summed E-state index contributed by atoms with van der Waals surface area (Å²) in [7, 11) is 0. The van der Waals surface area contributed by atoms with E-state index in [2.05, 4.69) is 33.8 Å². The first-order chi connectivity index (χ1) is 7.75. The quantitative estimate of drug-likeness (QED) is 0.850. The van der Waals surface area contributed by atoms with Crippen molar-refractivity contribution in [2.45, 2.75) is 45.1 Å². The van der Waals surface area contributed by atoms with Crippen molar-refractivity contribution in [2.75, 3.05) is 18.4 Å². The minimum atomic E-state index is 0.416. The lowest BCUT2D eigenvalue weighted by molar-refractivity contribution is 0.635. The zero-order valence-electron chi connectivity index (χ0n) is 9.99. The molecule has 1 fully saturated rings. The predicted molar refractivity (Wildman–Crippen MR) is 68.1 cm³/mol. The maximum absolute atomic E-state index is 4.50. The van der Waals surface area contributed by atoms with Gasteiger partial charge in [0.05, 0.1) is 0 Å². The average Bonchev–Trinajstić information content (AvgIpc) is 2.56. The molecule has 0 saturated carbocycles. The fourth-order valence-electron chi connectivity index (χ4n) is 1.84. The molecule has 0 radical (unpaired) electrons. The van der Waals surface area contributed by atoms with E-state index in [1.54, 1.807) is 0 Å². The minimum absolute atomic E-state index is 0.416. The number of nitrogens with one attached hydrogen (secondary N) is 2. The van der Waals surface area contributed by atoms with Gasteiger partial charge in [0.25, 0.3) is 0 Å². The van der Waals surface area contributed by atoms with Gasteiger partial charge < -0.3 is 10.6 Å². The highest BCUT2D eigenvalue weighted by Gasteiger charge is 2.14. The highest BCUT2D eigenvalue weighted by Crippen LogP contribution is 2.19. The number of aromatic nitrogens is 2. The third kappa shape index (κ3) is 3.15. The number of anilines is 1. The Labute approximate surface area is 101 Å². The summed E-state index contributed by atoms with van der Waals surface area (Å²) in [6, 6.07) is 0.510. The number of nitrogens with zero attached hydrogens (tertiary/aromatic N) is 2. The normalized spacial score (nSPS) is 22.1. The standard InChI is InChI=1S/C11H20N4S/c1-8(2)10-14-11(16-15-10)13-9-5-3-4-6-12-7-9/h8-9,12H,3-7H2,1-2H3,(H,13,14,15). The summed E-state index contributed by atoms with van der Waals surface area (Å²) in [6.07, 6.45) is 3.80. The van der Waals surface area contributed by atoms with Crippen LogP contribution in [0.4, 0.5) is 5.13 Å². The van der Waals surface area contributed by atoms with Crippen molar-refractivity contribution in [3.63, 3.8) is 0 Å². The second-order valence-corrected chi connectivity index (χ2v) is 5.41. The molecule has 2 N–H and O–H groups in total. The molecule has 1 atom stereocenters. The highest BCUT2D eigenvalue weighted by molar-refractivity contribution is 7.09. The first-order valence-corrected chi connectivity index (χ1v) is 6.84. The molecule has 1 aromatic rings. The van der Waals surface area contributed by atoms with E-state index >= 15 is 0 Å². The van der Waals surface area contributed by atoms with Crippen molar-refractivity contribution in [1.82, 2.24) is 14.7 Å². The topological polar surface area (TPSA) is 49.8 Å². The van der Waals surface area contributed by atoms with Crippen LogP contribution >= 0.6 is 11.5 Å². The van der Waals surface area contributed by atoms with E-state index in [1.165, 1.54) is 30.8 Å². The zero-order chi connectivity index (χ0) is 11.4. The second kappa shape index (κ2) is 5.59. The van der Waals surface area contributed by atoms with Crippen LogP contribution in [0.5, 0.6) is 0 Å². The van der Waals surface area contributed by atoms with Crippen molar-refractivity contribution < 1.29 is 0 Å². The third-order valence-electron chi connectivity index (χ3n) is 2.83. The Morgan fingerprint density at radius 1 is 1.44 bits per heavy atom. The molecule has 4 nitrogen and oxygen atoms in total. The van der Waals surface area contributed by atoms with Crippen LogP contribution in [0.25, 0.3) is 0 Å². The molecule has 2 heterocycles. The van der Waals surface area contributed by atoms with Crippen molar-refractivity contribution in [1.29, 1.82) is 0 Å². The molecule has 0 spiro atoms. The Hall–Kier alpha value is -0.680. The van der Waals surface area contributed by atoms with Gasteiger partial charge in [-0.1, -0.05) is 20.3 Å². The van der Waals surface area contributed by atoms with Crippen LogP contribution in [0.15, 0.2) is 0 Å². The molecular formula is C11H20N4S. The van der Waals surface area contributed by atoms with Crippen molar-refractivity contribution in [2.24, 2.45) is 0 Å². The van der Waals surface area contributed by atoms with Gasteiger partial charge in [-0.15, -0.1) is 0 Å². The molecule has 16 heavy (non-hydrogen) atoms. The van der Waals surface area contributed by atoms with Gasteiger partial charge in [0.15, 0.2) is 0 Å². The Morgan fingerprint density at radius 3 is 3.06 bits per heavy atom. The molecule has 1 aromatic heterocycles. The monoisotopic (exact) mass is 240 g/mol. The van der Waals surface area contributed by atoms with Gasteiger partial charge in [-0.05, 0) is 19.4 Å². The third-order valence-corrected chi connectivity index (χ3v) is 3.49. The smallest absolute Gasteiger partial charge is 0.202 e. The summed E-state index contributed by atoms with van der Waals surface area (Å²) in [5, 5.41) is 7.89. The molecular weight excluding hydrogens is 220 g/mol. The predicted octanol–water partition coefficient (Wildman–Crippen LogP) is 2.22. The van der Waals surface area contributed by atoms with E-state index in [-0.39, 0.29) is 0 Å². The van der Waals surface area contributed by atoms with E-state index < -0.39 is 0 Å². The summed E-state index contributed by atoms with van der Waals surface area (Å²) in [5.74, 6) is 1.37. The van der Waals surface area contributed by atoms with Gasteiger partial charge in [0.2, 0.25) is 5.13 Å². The Balaban J connectivity index is 1.91. The number of hydrogen-bond acceptors (Lipinski definition) is 5. The van der Waals surface area contributed by atoms with Crippen molar-refractivity contribution >= 4 is 16.7 Å². The van der Waals surface area contributed by atoms with Crippen LogP contribution in [0.3, 0.4) is 0 Å². The van der Waals surface area contributed by atoms with Crippen LogP contribution < -0.4 is 10.6 Å². The molecule has 0 amide bonds. The lowest BCUT2D eigenvalue weighted by Gasteiger charge is -2.14. The largest absolute Gasteiger partial charge is 0.356 e. The summed E-state index contributed by atoms with van der Waals surface area (Å²) in [5.41, 5.74) is 0. The molecule has 1 aliphatic heterocycles. The van der Waals surface area contributed by atoms with Crippen LogP contribution in [0.1, 0.15) is 44.9 Å². The summed E-state index contributed by atoms with van der Waals surface area (Å²) in [6.45, 7) is 6.43. The van der Waals surface area contributed by atoms with Crippen LogP contribution in [-0.2, 0) is 0 Å². The Kier molecular flexibility index (Phi) is 4.12. The number of hydrogen-bond donors (Lipinski definition) is 2. The fraction of sp³-hybridized carbons (Fsp3) is 0.818. The second-order valence-electron chi connectivity index (χ2n) is 4.65. The SMILES string of the molecule is CC(C)c1nsc(NC2CCCCNC2)n1.